The predicted molar refractivity (Wildman–Crippen MR) is 236 cm³/mol. The van der Waals surface area contributed by atoms with Crippen LogP contribution in [0.3, 0.4) is 0 Å². The van der Waals surface area contributed by atoms with Crippen molar-refractivity contribution in [3.63, 3.8) is 0 Å². The van der Waals surface area contributed by atoms with Crippen LogP contribution in [0.25, 0.3) is 0 Å². The summed E-state index contributed by atoms with van der Waals surface area (Å²) in [6.07, 6.45) is -6.16. The molecule has 4 fully saturated rings. The van der Waals surface area contributed by atoms with E-state index in [1.807, 2.05) is 0 Å². The van der Waals surface area contributed by atoms with Crippen molar-refractivity contribution in [2.75, 3.05) is 71.2 Å². The number of alkyl halides is 6. The molecule has 2 aromatic heterocycles. The number of hydrogen-bond donors (Lipinski definition) is 6. The Bertz CT molecular complexity index is 2310. The fourth-order valence-corrected chi connectivity index (χ4v) is 9.30. The molecule has 0 aliphatic carbocycles. The van der Waals surface area contributed by atoms with E-state index in [0.717, 1.165) is 36.9 Å². The fourth-order valence-electron chi connectivity index (χ4n) is 8.83. The molecule has 4 aliphatic rings. The zero-order valence-corrected chi connectivity index (χ0v) is 37.3. The van der Waals surface area contributed by atoms with Crippen LogP contribution in [0.4, 0.5) is 69.8 Å². The van der Waals surface area contributed by atoms with Crippen molar-refractivity contribution < 1.29 is 54.9 Å². The highest BCUT2D eigenvalue weighted by Gasteiger charge is 2.42. The van der Waals surface area contributed by atoms with Gasteiger partial charge in [-0.25, -0.2) is 19.9 Å². The second kappa shape index (κ2) is 20.5. The summed E-state index contributed by atoms with van der Waals surface area (Å²) in [6.45, 7) is 1.54. The first-order valence-electron chi connectivity index (χ1n) is 21.4. The first-order valence-corrected chi connectivity index (χ1v) is 22.1. The smallest absolute Gasteiger partial charge is 0.391 e. The SMILES string of the molecule is Nc1ncnc(N2CC[C@H](O)[C@@H](N3CCCC(Nc4cc(Cl)cc(C(F)(F)F)c4)C3=O)C2)c1F.Nc1ncnc(N2CC[C@H](O)[C@@H](N3CCC[C@@H](Nc4cc(Cl)cc(C(F)(F)F)c4)C3=O)C2)c1F. The maximum Gasteiger partial charge on any atom is 0.416 e. The first kappa shape index (κ1) is 50.2. The Balaban J connectivity index is 0.000000201. The molecule has 6 atom stereocenters. The number of anilines is 6. The lowest BCUT2D eigenvalue weighted by atomic mass is 9.95. The van der Waals surface area contributed by atoms with Crippen LogP contribution in [0.1, 0.15) is 49.7 Å². The number of aliphatic hydroxyl groups is 2. The van der Waals surface area contributed by atoms with Gasteiger partial charge in [-0.15, -0.1) is 0 Å². The van der Waals surface area contributed by atoms with E-state index >= 15 is 0 Å². The molecule has 1 unspecified atom stereocenters. The topological polar surface area (TPSA) is 215 Å². The largest absolute Gasteiger partial charge is 0.416 e. The maximum absolute atomic E-state index is 14.4. The van der Waals surface area contributed by atoms with Gasteiger partial charge in [0.2, 0.25) is 23.4 Å². The number of carbonyl (C=O) groups excluding carboxylic acids is 2. The molecule has 8 rings (SSSR count). The number of rotatable bonds is 8. The van der Waals surface area contributed by atoms with E-state index < -0.39 is 71.5 Å². The van der Waals surface area contributed by atoms with Gasteiger partial charge in [-0.1, -0.05) is 23.2 Å². The zero-order valence-electron chi connectivity index (χ0n) is 35.8. The van der Waals surface area contributed by atoms with Gasteiger partial charge in [0.25, 0.3) is 0 Å². The van der Waals surface area contributed by atoms with E-state index in [1.165, 1.54) is 21.9 Å². The molecule has 4 saturated heterocycles. The predicted octanol–water partition coefficient (Wildman–Crippen LogP) is 5.83. The molecule has 4 aliphatic heterocycles. The van der Waals surface area contributed by atoms with Crippen molar-refractivity contribution >= 4 is 69.7 Å². The Morgan fingerprint density at radius 1 is 0.588 bits per heavy atom. The number of likely N-dealkylation sites (tertiary alicyclic amines) is 2. The number of nitrogens with zero attached hydrogens (tertiary/aromatic N) is 8. The summed E-state index contributed by atoms with van der Waals surface area (Å²) in [7, 11) is 0. The lowest BCUT2D eigenvalue weighted by Gasteiger charge is -2.45. The molecule has 4 aromatic rings. The van der Waals surface area contributed by atoms with Gasteiger partial charge in [-0.3, -0.25) is 9.59 Å². The van der Waals surface area contributed by atoms with Crippen molar-refractivity contribution in [2.45, 2.75) is 87.3 Å². The molecule has 26 heteroatoms. The van der Waals surface area contributed by atoms with Gasteiger partial charge in [-0.05, 0) is 74.9 Å². The minimum atomic E-state index is -4.58. The summed E-state index contributed by atoms with van der Waals surface area (Å²) in [6, 6.07) is 3.14. The lowest BCUT2D eigenvalue weighted by molar-refractivity contribution is -0.140. The number of nitrogens with two attached hydrogens (primary N) is 2. The van der Waals surface area contributed by atoms with Crippen molar-refractivity contribution in [1.82, 2.24) is 29.7 Å². The average Bonchev–Trinajstić information content (AvgIpc) is 3.27. The first-order chi connectivity index (χ1) is 32.1. The number of carbonyl (C=O) groups is 2. The number of amides is 2. The highest BCUT2D eigenvalue weighted by Crippen LogP contribution is 2.36. The zero-order chi connectivity index (χ0) is 49.2. The van der Waals surface area contributed by atoms with E-state index in [1.54, 1.807) is 9.80 Å². The molecule has 0 radical (unpaired) electrons. The Hall–Kier alpha value is -5.72. The molecule has 8 N–H and O–H groups in total. The summed E-state index contributed by atoms with van der Waals surface area (Å²) in [5.41, 5.74) is 9.38. The minimum Gasteiger partial charge on any atom is -0.391 e. The fraction of sp³-hybridized carbons (Fsp3) is 0.476. The standard InChI is InChI=1S/2C21H23ClF4N6O2/c2*22-12-6-11(21(24,25)26)7-13(8-12)30-14-2-1-4-32(20(14)34)15-9-31(5-3-16(15)33)19-17(23)18(27)28-10-29-19/h2*6-8,10,14-16,30,33H,1-5,9H2,(H2,27,28,29)/t14?,15-,16-;14-,15+,16+/m01/s1. The van der Waals surface area contributed by atoms with Crippen LogP contribution >= 0.6 is 23.2 Å². The van der Waals surface area contributed by atoms with Crippen molar-refractivity contribution in [1.29, 1.82) is 0 Å². The Morgan fingerprint density at radius 2 is 0.971 bits per heavy atom. The molecule has 2 amide bonds. The van der Waals surface area contributed by atoms with Gasteiger partial charge < -0.3 is 51.9 Å². The number of benzene rings is 2. The van der Waals surface area contributed by atoms with Crippen LogP contribution in [-0.4, -0.2) is 127 Å². The Labute approximate surface area is 393 Å². The van der Waals surface area contributed by atoms with E-state index in [9.17, 15) is 54.9 Å². The van der Waals surface area contributed by atoms with Crippen LogP contribution in [0.2, 0.25) is 10.0 Å². The second-order valence-corrected chi connectivity index (χ2v) is 17.6. The summed E-state index contributed by atoms with van der Waals surface area (Å²) in [5.74, 6) is -2.91. The van der Waals surface area contributed by atoms with Gasteiger partial charge >= 0.3 is 12.4 Å². The lowest BCUT2D eigenvalue weighted by Crippen LogP contribution is -2.61. The number of halogens is 10. The van der Waals surface area contributed by atoms with Gasteiger partial charge in [-0.2, -0.15) is 35.1 Å². The molecular weight excluding hydrogens is 959 g/mol. The highest BCUT2D eigenvalue weighted by molar-refractivity contribution is 6.31. The number of aromatic nitrogens is 4. The molecule has 6 heterocycles. The van der Waals surface area contributed by atoms with Gasteiger partial charge in [0, 0.05) is 60.7 Å². The molecule has 16 nitrogen and oxygen atoms in total. The van der Waals surface area contributed by atoms with E-state index in [4.69, 9.17) is 34.7 Å². The molecule has 0 saturated carbocycles. The maximum atomic E-state index is 14.4. The van der Waals surface area contributed by atoms with Gasteiger partial charge in [0.1, 0.15) is 24.7 Å². The molecular formula is C42H46Cl2F8N12O4. The second-order valence-electron chi connectivity index (χ2n) is 16.7. The van der Waals surface area contributed by atoms with Crippen molar-refractivity contribution in [3.05, 3.63) is 81.9 Å². The van der Waals surface area contributed by atoms with Crippen LogP contribution in [-0.2, 0) is 21.9 Å². The number of hydrogen-bond acceptors (Lipinski definition) is 14. The Morgan fingerprint density at radius 3 is 1.34 bits per heavy atom. The van der Waals surface area contributed by atoms with Gasteiger partial charge in [0.05, 0.1) is 35.4 Å². The van der Waals surface area contributed by atoms with E-state index in [2.05, 4.69) is 30.6 Å². The number of aliphatic hydroxyl groups excluding tert-OH is 2. The summed E-state index contributed by atoms with van der Waals surface area (Å²) in [4.78, 5) is 47.8. The van der Waals surface area contributed by atoms with Crippen LogP contribution < -0.4 is 31.9 Å². The third-order valence-corrected chi connectivity index (χ3v) is 12.6. The number of nitrogen functional groups attached to an aromatic ring is 2. The Kier molecular flexibility index (Phi) is 15.1. The minimum absolute atomic E-state index is 0.0119. The van der Waals surface area contributed by atoms with Crippen molar-refractivity contribution in [3.8, 4) is 0 Å². The third kappa shape index (κ3) is 11.4. The molecule has 68 heavy (non-hydrogen) atoms. The third-order valence-electron chi connectivity index (χ3n) is 12.2. The molecule has 2 aromatic carbocycles. The normalized spacial score (nSPS) is 23.8. The van der Waals surface area contributed by atoms with Crippen LogP contribution in [0.15, 0.2) is 49.1 Å². The summed E-state index contributed by atoms with van der Waals surface area (Å²) < 4.78 is 108. The molecule has 0 spiro atoms. The monoisotopic (exact) mass is 1000 g/mol. The summed E-state index contributed by atoms with van der Waals surface area (Å²) in [5, 5.41) is 26.8. The number of nitrogens with one attached hydrogen (secondary N) is 2. The van der Waals surface area contributed by atoms with Gasteiger partial charge in [0.15, 0.2) is 23.3 Å². The quantitative estimate of drug-likeness (QED) is 0.115. The molecule has 0 bridgehead atoms. The van der Waals surface area contributed by atoms with Crippen LogP contribution in [0.5, 0.6) is 0 Å². The van der Waals surface area contributed by atoms with E-state index in [-0.39, 0.29) is 82.4 Å². The van der Waals surface area contributed by atoms with Crippen LogP contribution in [0, 0.1) is 11.6 Å². The molecule has 368 valence electrons. The highest BCUT2D eigenvalue weighted by atomic mass is 35.5. The van der Waals surface area contributed by atoms with E-state index in [0.29, 0.717) is 51.9 Å². The summed E-state index contributed by atoms with van der Waals surface area (Å²) >= 11 is 11.7. The number of piperidine rings is 4. The van der Waals surface area contributed by atoms with Crippen molar-refractivity contribution in [2.24, 2.45) is 0 Å². The average molecular weight is 1010 g/mol.